The van der Waals surface area contributed by atoms with Gasteiger partial charge in [-0.25, -0.2) is 8.42 Å². The van der Waals surface area contributed by atoms with Crippen molar-refractivity contribution >= 4 is 43.9 Å². The number of nitrogens with one attached hydrogen (secondary N) is 1. The summed E-state index contributed by atoms with van der Waals surface area (Å²) in [5.41, 5.74) is 3.89. The maximum atomic E-state index is 13.0. The predicted molar refractivity (Wildman–Crippen MR) is 160 cm³/mol. The minimum Gasteiger partial charge on any atom is -0.352 e. The molecule has 0 saturated carbocycles. The van der Waals surface area contributed by atoms with Gasteiger partial charge < -0.3 is 10.2 Å². The van der Waals surface area contributed by atoms with Crippen LogP contribution < -0.4 is 5.32 Å². The molecule has 1 aliphatic rings. The number of likely N-dealkylation sites (tertiary alicyclic amines) is 1. The van der Waals surface area contributed by atoms with Crippen LogP contribution in [-0.4, -0.2) is 70.7 Å². The van der Waals surface area contributed by atoms with Crippen LogP contribution in [0.2, 0.25) is 10.0 Å². The number of sulfone groups is 1. The molecule has 0 atom stereocenters. The number of hydrogen-bond acceptors (Lipinski definition) is 5. The summed E-state index contributed by atoms with van der Waals surface area (Å²) in [5.74, 6) is -0.214. The number of halogens is 2. The SMILES string of the molecule is CN(C)CCCNC(=O)c1cccc(C(=C2CN(C(c3ccc(Cl)cc3)c3ccc(Cl)cc3)C2)S(C)(=O)=O)c1. The fraction of sp³-hybridized carbons (Fsp3) is 0.300. The number of carbonyl (C=O) groups is 1. The minimum absolute atomic E-state index is 0.0941. The zero-order chi connectivity index (χ0) is 28.2. The second-order valence-corrected chi connectivity index (χ2v) is 12.9. The molecule has 3 aromatic rings. The van der Waals surface area contributed by atoms with E-state index in [4.69, 9.17) is 23.2 Å². The second kappa shape index (κ2) is 12.7. The first kappa shape index (κ1) is 29.3. The Bertz CT molecular complexity index is 1400. The zero-order valence-electron chi connectivity index (χ0n) is 22.3. The molecule has 1 saturated heterocycles. The Kier molecular flexibility index (Phi) is 9.51. The van der Waals surface area contributed by atoms with Crippen LogP contribution in [0.15, 0.2) is 78.4 Å². The van der Waals surface area contributed by atoms with Gasteiger partial charge in [0.1, 0.15) is 0 Å². The minimum atomic E-state index is -3.56. The maximum absolute atomic E-state index is 13.0. The summed E-state index contributed by atoms with van der Waals surface area (Å²) in [6.45, 7) is 2.36. The Morgan fingerprint density at radius 3 is 1.97 bits per heavy atom. The van der Waals surface area contributed by atoms with E-state index in [1.165, 1.54) is 6.26 Å². The van der Waals surface area contributed by atoms with Gasteiger partial charge in [-0.3, -0.25) is 9.69 Å². The molecule has 1 fully saturated rings. The summed E-state index contributed by atoms with van der Waals surface area (Å²) in [6, 6.07) is 22.1. The molecular weight excluding hydrogens is 553 g/mol. The smallest absolute Gasteiger partial charge is 0.251 e. The van der Waals surface area contributed by atoms with Crippen molar-refractivity contribution in [1.82, 2.24) is 15.1 Å². The Morgan fingerprint density at radius 1 is 0.923 bits per heavy atom. The number of carbonyl (C=O) groups excluding carboxylic acids is 1. The van der Waals surface area contributed by atoms with Crippen LogP contribution in [0, 0.1) is 0 Å². The van der Waals surface area contributed by atoms with Crippen LogP contribution in [0.4, 0.5) is 0 Å². The maximum Gasteiger partial charge on any atom is 0.251 e. The summed E-state index contributed by atoms with van der Waals surface area (Å²) < 4.78 is 26.0. The van der Waals surface area contributed by atoms with E-state index in [9.17, 15) is 13.2 Å². The highest BCUT2D eigenvalue weighted by atomic mass is 35.5. The standard InChI is InChI=1S/C30H33Cl2N3O3S/c1-34(2)17-5-16-33-30(36)24-7-4-6-23(18-24)29(39(3,37)38)25-19-35(20-25)28(21-8-12-26(31)13-9-21)22-10-14-27(32)15-11-22/h4,6-15,18,28H,5,16-17,19-20H2,1-3H3,(H,33,36). The highest BCUT2D eigenvalue weighted by Gasteiger charge is 2.34. The molecular formula is C30H33Cl2N3O3S. The highest BCUT2D eigenvalue weighted by Crippen LogP contribution is 2.38. The molecule has 6 nitrogen and oxygen atoms in total. The molecule has 9 heteroatoms. The monoisotopic (exact) mass is 585 g/mol. The lowest BCUT2D eigenvalue weighted by Crippen LogP contribution is -2.44. The van der Waals surface area contributed by atoms with Crippen molar-refractivity contribution in [3.8, 4) is 0 Å². The lowest BCUT2D eigenvalue weighted by Gasteiger charge is -2.42. The molecule has 206 valence electrons. The summed E-state index contributed by atoms with van der Waals surface area (Å²) in [6.07, 6.45) is 2.05. The molecule has 0 radical (unpaired) electrons. The van der Waals surface area contributed by atoms with Crippen LogP contribution in [0.5, 0.6) is 0 Å². The molecule has 0 spiro atoms. The average Bonchev–Trinajstić information content (AvgIpc) is 2.86. The van der Waals surface area contributed by atoms with Crippen LogP contribution in [0.1, 0.15) is 39.5 Å². The van der Waals surface area contributed by atoms with Crippen molar-refractivity contribution in [3.05, 3.63) is 111 Å². The van der Waals surface area contributed by atoms with E-state index in [1.54, 1.807) is 24.3 Å². The van der Waals surface area contributed by atoms with E-state index >= 15 is 0 Å². The van der Waals surface area contributed by atoms with Gasteiger partial charge in [-0.05, 0) is 85.7 Å². The van der Waals surface area contributed by atoms with Gasteiger partial charge in [0.25, 0.3) is 5.91 Å². The van der Waals surface area contributed by atoms with Crippen molar-refractivity contribution in [2.75, 3.05) is 46.5 Å². The zero-order valence-corrected chi connectivity index (χ0v) is 24.7. The first-order valence-electron chi connectivity index (χ1n) is 12.7. The molecule has 39 heavy (non-hydrogen) atoms. The fourth-order valence-corrected chi connectivity index (χ4v) is 6.32. The molecule has 0 aliphatic carbocycles. The van der Waals surface area contributed by atoms with Crippen LogP contribution in [0.25, 0.3) is 4.91 Å². The van der Waals surface area contributed by atoms with Crippen LogP contribution in [-0.2, 0) is 9.84 Å². The molecule has 4 rings (SSSR count). The quantitative estimate of drug-likeness (QED) is 0.316. The molecule has 1 heterocycles. The summed E-state index contributed by atoms with van der Waals surface area (Å²) in [5, 5.41) is 4.23. The number of benzene rings is 3. The van der Waals surface area contributed by atoms with Crippen molar-refractivity contribution in [1.29, 1.82) is 0 Å². The number of nitrogens with zero attached hydrogens (tertiary/aromatic N) is 2. The van der Waals surface area contributed by atoms with Crippen molar-refractivity contribution in [2.45, 2.75) is 12.5 Å². The van der Waals surface area contributed by atoms with Crippen molar-refractivity contribution < 1.29 is 13.2 Å². The third-order valence-electron chi connectivity index (χ3n) is 6.67. The van der Waals surface area contributed by atoms with E-state index in [0.29, 0.717) is 40.8 Å². The van der Waals surface area contributed by atoms with Crippen molar-refractivity contribution in [2.24, 2.45) is 0 Å². The van der Waals surface area contributed by atoms with E-state index < -0.39 is 9.84 Å². The van der Waals surface area contributed by atoms with Crippen LogP contribution >= 0.6 is 23.2 Å². The van der Waals surface area contributed by atoms with E-state index in [0.717, 1.165) is 29.7 Å². The first-order chi connectivity index (χ1) is 18.5. The van der Waals surface area contributed by atoms with Gasteiger partial charge in [0.2, 0.25) is 0 Å². The van der Waals surface area contributed by atoms with Gasteiger partial charge in [-0.1, -0.05) is 59.6 Å². The van der Waals surface area contributed by atoms with Crippen LogP contribution in [0.3, 0.4) is 0 Å². The Hall–Kier alpha value is -2.68. The Labute approximate surface area is 241 Å². The molecule has 0 bridgehead atoms. The molecule has 1 aliphatic heterocycles. The number of hydrogen-bond donors (Lipinski definition) is 1. The molecule has 0 unspecified atom stereocenters. The molecule has 1 amide bonds. The first-order valence-corrected chi connectivity index (χ1v) is 15.4. The topological polar surface area (TPSA) is 69.7 Å². The van der Waals surface area contributed by atoms with Gasteiger partial charge in [0.15, 0.2) is 9.84 Å². The number of rotatable bonds is 10. The van der Waals surface area contributed by atoms with Gasteiger partial charge in [0, 0.05) is 41.5 Å². The largest absolute Gasteiger partial charge is 0.352 e. The van der Waals surface area contributed by atoms with Gasteiger partial charge in [-0.15, -0.1) is 0 Å². The average molecular weight is 587 g/mol. The summed E-state index contributed by atoms with van der Waals surface area (Å²) in [4.78, 5) is 17.3. The fourth-order valence-electron chi connectivity index (χ4n) is 4.86. The van der Waals surface area contributed by atoms with Crippen molar-refractivity contribution in [3.63, 3.8) is 0 Å². The third kappa shape index (κ3) is 7.50. The third-order valence-corrected chi connectivity index (χ3v) is 8.44. The Balaban J connectivity index is 1.60. The highest BCUT2D eigenvalue weighted by molar-refractivity contribution is 8.00. The van der Waals surface area contributed by atoms with E-state index in [-0.39, 0.29) is 16.9 Å². The summed E-state index contributed by atoms with van der Waals surface area (Å²) in [7, 11) is 0.413. The number of amides is 1. The normalized spacial score (nSPS) is 14.0. The second-order valence-electron chi connectivity index (χ2n) is 10.1. The lowest BCUT2D eigenvalue weighted by atomic mass is 9.92. The van der Waals surface area contributed by atoms with E-state index in [1.807, 2.05) is 62.6 Å². The van der Waals surface area contributed by atoms with Gasteiger partial charge in [0.05, 0.1) is 10.9 Å². The van der Waals surface area contributed by atoms with Gasteiger partial charge in [-0.2, -0.15) is 0 Å². The lowest BCUT2D eigenvalue weighted by molar-refractivity contribution is 0.0952. The van der Waals surface area contributed by atoms with E-state index in [2.05, 4.69) is 15.1 Å². The molecule has 1 N–H and O–H groups in total. The predicted octanol–water partition coefficient (Wildman–Crippen LogP) is 5.54. The molecule has 0 aromatic heterocycles. The molecule has 3 aromatic carbocycles. The summed E-state index contributed by atoms with van der Waals surface area (Å²) >= 11 is 12.3. The van der Waals surface area contributed by atoms with Gasteiger partial charge >= 0.3 is 0 Å². The Morgan fingerprint density at radius 2 is 1.46 bits per heavy atom.